The van der Waals surface area contributed by atoms with Gasteiger partial charge < -0.3 is 20.7 Å². The lowest BCUT2D eigenvalue weighted by Crippen LogP contribution is -2.39. The highest BCUT2D eigenvalue weighted by Crippen LogP contribution is 2.20. The molecule has 0 aliphatic rings. The molecule has 1 atom stereocenters. The number of hydrogen-bond acceptors (Lipinski definition) is 3. The second kappa shape index (κ2) is 9.92. The van der Waals surface area contributed by atoms with Crippen LogP contribution < -0.4 is 10.6 Å². The number of nitrogens with one attached hydrogen (secondary N) is 3. The number of guanidine groups is 1. The third kappa shape index (κ3) is 5.48. The Morgan fingerprint density at radius 3 is 2.82 bits per heavy atom. The Morgan fingerprint density at radius 1 is 1.32 bits per heavy atom. The minimum atomic E-state index is -1.06. The summed E-state index contributed by atoms with van der Waals surface area (Å²) in [5, 5.41) is 22.6. The minimum absolute atomic E-state index is 0. The summed E-state index contributed by atoms with van der Waals surface area (Å²) >= 11 is 0. The zero-order chi connectivity index (χ0) is 19.3. The van der Waals surface area contributed by atoms with Crippen LogP contribution in [-0.4, -0.2) is 45.5 Å². The minimum Gasteiger partial charge on any atom is -0.383 e. The predicted molar refractivity (Wildman–Crippen MR) is 124 cm³/mol. The average molecular weight is 496 g/mol. The Balaban J connectivity index is 0.00000280. The first-order valence-electron chi connectivity index (χ1n) is 9.28. The van der Waals surface area contributed by atoms with E-state index in [4.69, 9.17) is 0 Å². The number of aliphatic imine (C=N–C) groups is 1. The van der Waals surface area contributed by atoms with Crippen LogP contribution >= 0.6 is 24.0 Å². The summed E-state index contributed by atoms with van der Waals surface area (Å²) < 4.78 is 1.68. The maximum absolute atomic E-state index is 10.7. The fourth-order valence-corrected chi connectivity index (χ4v) is 3.02. The molecule has 1 unspecified atom stereocenters. The smallest absolute Gasteiger partial charge is 0.191 e. The van der Waals surface area contributed by atoms with Crippen LogP contribution in [0.3, 0.4) is 0 Å². The van der Waals surface area contributed by atoms with Gasteiger partial charge >= 0.3 is 0 Å². The maximum atomic E-state index is 10.7. The molecule has 0 fully saturated rings. The van der Waals surface area contributed by atoms with Crippen LogP contribution in [0.2, 0.25) is 0 Å². The van der Waals surface area contributed by atoms with Gasteiger partial charge in [-0.1, -0.05) is 18.2 Å². The van der Waals surface area contributed by atoms with E-state index in [9.17, 15) is 5.11 Å². The SMILES string of the molecule is CCNC(=NCC(C)(O)c1cnn(C)c1)NCCc1c[nH]c2ccccc12.I. The second-order valence-corrected chi connectivity index (χ2v) is 6.91. The zero-order valence-electron chi connectivity index (χ0n) is 16.6. The maximum Gasteiger partial charge on any atom is 0.191 e. The van der Waals surface area contributed by atoms with Crippen molar-refractivity contribution in [2.45, 2.75) is 25.9 Å². The number of nitrogens with zero attached hydrogens (tertiary/aromatic N) is 3. The first kappa shape index (κ1) is 22.2. The Labute approximate surface area is 182 Å². The van der Waals surface area contributed by atoms with Crippen LogP contribution in [0.1, 0.15) is 25.0 Å². The molecule has 4 N–H and O–H groups in total. The largest absolute Gasteiger partial charge is 0.383 e. The molecular formula is C20H29IN6O. The first-order valence-corrected chi connectivity index (χ1v) is 9.28. The number of aromatic nitrogens is 3. The van der Waals surface area contributed by atoms with Crippen molar-refractivity contribution in [2.75, 3.05) is 19.6 Å². The summed E-state index contributed by atoms with van der Waals surface area (Å²) in [4.78, 5) is 7.85. The third-order valence-corrected chi connectivity index (χ3v) is 4.58. The summed E-state index contributed by atoms with van der Waals surface area (Å²) in [5.41, 5.74) is 2.12. The van der Waals surface area contributed by atoms with Gasteiger partial charge in [0.05, 0.1) is 12.7 Å². The predicted octanol–water partition coefficient (Wildman–Crippen LogP) is 2.52. The van der Waals surface area contributed by atoms with Crippen LogP contribution in [0, 0.1) is 0 Å². The van der Waals surface area contributed by atoms with Crippen LogP contribution in [0.4, 0.5) is 0 Å². The van der Waals surface area contributed by atoms with Crippen LogP contribution in [0.15, 0.2) is 47.8 Å². The lowest BCUT2D eigenvalue weighted by molar-refractivity contribution is 0.0672. The molecule has 0 bridgehead atoms. The van der Waals surface area contributed by atoms with E-state index in [1.165, 1.54) is 10.9 Å². The van der Waals surface area contributed by atoms with Crippen molar-refractivity contribution < 1.29 is 5.11 Å². The van der Waals surface area contributed by atoms with Crippen molar-refractivity contribution in [1.82, 2.24) is 25.4 Å². The lowest BCUT2D eigenvalue weighted by atomic mass is 10.0. The van der Waals surface area contributed by atoms with Crippen molar-refractivity contribution in [1.29, 1.82) is 0 Å². The van der Waals surface area contributed by atoms with Crippen molar-refractivity contribution in [3.8, 4) is 0 Å². The number of hydrogen-bond donors (Lipinski definition) is 4. The quantitative estimate of drug-likeness (QED) is 0.230. The number of H-pyrrole nitrogens is 1. The average Bonchev–Trinajstić information content (AvgIpc) is 3.27. The Morgan fingerprint density at radius 2 is 2.11 bits per heavy atom. The molecule has 0 radical (unpaired) electrons. The van der Waals surface area contributed by atoms with Crippen LogP contribution in [0.25, 0.3) is 10.9 Å². The summed E-state index contributed by atoms with van der Waals surface area (Å²) in [6.07, 6.45) is 6.43. The van der Waals surface area contributed by atoms with Gasteiger partial charge in [0.25, 0.3) is 0 Å². The molecule has 2 heterocycles. The van der Waals surface area contributed by atoms with Gasteiger partial charge in [-0.05, 0) is 31.9 Å². The molecule has 8 heteroatoms. The van der Waals surface area contributed by atoms with Crippen molar-refractivity contribution in [3.63, 3.8) is 0 Å². The van der Waals surface area contributed by atoms with Crippen molar-refractivity contribution in [3.05, 3.63) is 54.0 Å². The van der Waals surface area contributed by atoms with Crippen molar-refractivity contribution >= 4 is 40.8 Å². The second-order valence-electron chi connectivity index (χ2n) is 6.91. The van der Waals surface area contributed by atoms with Gasteiger partial charge in [0.15, 0.2) is 5.96 Å². The lowest BCUT2D eigenvalue weighted by Gasteiger charge is -2.20. The number of fused-ring (bicyclic) bond motifs is 1. The van der Waals surface area contributed by atoms with Gasteiger partial charge in [-0.2, -0.15) is 5.10 Å². The van der Waals surface area contributed by atoms with Crippen LogP contribution in [0.5, 0.6) is 0 Å². The normalized spacial score (nSPS) is 13.8. The fourth-order valence-electron chi connectivity index (χ4n) is 3.02. The number of aromatic amines is 1. The van der Waals surface area contributed by atoms with Gasteiger partial charge in [0.2, 0.25) is 0 Å². The number of benzene rings is 1. The summed E-state index contributed by atoms with van der Waals surface area (Å²) in [6.45, 7) is 5.54. The fraction of sp³-hybridized carbons (Fsp3) is 0.400. The van der Waals surface area contributed by atoms with E-state index in [1.54, 1.807) is 17.8 Å². The molecule has 0 saturated carbocycles. The van der Waals surface area contributed by atoms with E-state index in [2.05, 4.69) is 50.1 Å². The van der Waals surface area contributed by atoms with E-state index in [0.717, 1.165) is 30.6 Å². The van der Waals surface area contributed by atoms with Gasteiger partial charge in [0.1, 0.15) is 5.60 Å². The summed E-state index contributed by atoms with van der Waals surface area (Å²) in [6, 6.07) is 8.30. The van der Waals surface area contributed by atoms with E-state index in [1.807, 2.05) is 26.2 Å². The number of para-hydroxylation sites is 1. The third-order valence-electron chi connectivity index (χ3n) is 4.58. The van der Waals surface area contributed by atoms with Gasteiger partial charge in [-0.3, -0.25) is 4.68 Å². The molecule has 1 aromatic carbocycles. The molecule has 0 amide bonds. The number of rotatable bonds is 7. The molecular weight excluding hydrogens is 467 g/mol. The monoisotopic (exact) mass is 496 g/mol. The highest BCUT2D eigenvalue weighted by Gasteiger charge is 2.24. The number of aliphatic hydroxyl groups is 1. The molecule has 3 aromatic rings. The molecule has 152 valence electrons. The number of halogens is 1. The molecule has 0 aliphatic carbocycles. The van der Waals surface area contributed by atoms with E-state index >= 15 is 0 Å². The van der Waals surface area contributed by atoms with Gasteiger partial charge in [-0.25, -0.2) is 4.99 Å². The van der Waals surface area contributed by atoms with Gasteiger partial charge in [0, 0.05) is 49.0 Å². The molecule has 3 rings (SSSR count). The Hall–Kier alpha value is -2.07. The molecule has 28 heavy (non-hydrogen) atoms. The summed E-state index contributed by atoms with van der Waals surface area (Å²) in [5.74, 6) is 0.696. The van der Waals surface area contributed by atoms with E-state index in [-0.39, 0.29) is 30.5 Å². The molecule has 0 aliphatic heterocycles. The zero-order valence-corrected chi connectivity index (χ0v) is 18.9. The highest BCUT2D eigenvalue weighted by molar-refractivity contribution is 14.0. The highest BCUT2D eigenvalue weighted by atomic mass is 127. The number of aryl methyl sites for hydroxylation is 1. The topological polar surface area (TPSA) is 90.3 Å². The molecule has 7 nitrogen and oxygen atoms in total. The Kier molecular flexibility index (Phi) is 7.88. The first-order chi connectivity index (χ1) is 13.0. The van der Waals surface area contributed by atoms with Crippen LogP contribution in [-0.2, 0) is 19.1 Å². The Bertz CT molecular complexity index is 914. The van der Waals surface area contributed by atoms with Crippen molar-refractivity contribution in [2.24, 2.45) is 12.0 Å². The van der Waals surface area contributed by atoms with E-state index in [0.29, 0.717) is 5.96 Å². The van der Waals surface area contributed by atoms with Gasteiger partial charge in [-0.15, -0.1) is 24.0 Å². The molecule has 0 spiro atoms. The standard InChI is InChI=1S/C20H28N6O.HI/c1-4-21-19(24-14-20(2,27)16-12-25-26(3)13-16)22-10-9-15-11-23-18-8-6-5-7-17(15)18;/h5-8,11-13,23,27H,4,9-10,14H2,1-3H3,(H2,21,22,24);1H. The van der Waals surface area contributed by atoms with E-state index < -0.39 is 5.60 Å². The molecule has 2 aromatic heterocycles. The summed E-state index contributed by atoms with van der Waals surface area (Å²) in [7, 11) is 1.83. The molecule has 0 saturated heterocycles.